The fraction of sp³-hybridized carbons (Fsp3) is 0.571. The lowest BCUT2D eigenvalue weighted by Gasteiger charge is -2.24. The van der Waals surface area contributed by atoms with Crippen LogP contribution in [-0.2, 0) is 9.59 Å². The van der Waals surface area contributed by atoms with E-state index in [-0.39, 0.29) is 36.8 Å². The smallest absolute Gasteiger partial charge is 0.325 e. The Morgan fingerprint density at radius 1 is 1.14 bits per heavy atom. The van der Waals surface area contributed by atoms with Crippen molar-refractivity contribution in [1.82, 2.24) is 15.5 Å². The Bertz CT molecular complexity index is 760. The van der Waals surface area contributed by atoms with Crippen molar-refractivity contribution in [1.29, 1.82) is 0 Å². The molecule has 1 aromatic rings. The Labute approximate surface area is 178 Å². The molecule has 1 aliphatic heterocycles. The van der Waals surface area contributed by atoms with Crippen LogP contribution in [0.3, 0.4) is 0 Å². The second-order valence-corrected chi connectivity index (χ2v) is 8.24. The van der Waals surface area contributed by atoms with Gasteiger partial charge in [0.25, 0.3) is 5.91 Å². The van der Waals surface area contributed by atoms with Crippen molar-refractivity contribution in [3.05, 3.63) is 35.4 Å². The third-order valence-electron chi connectivity index (χ3n) is 5.94. The number of amides is 4. The molecule has 8 heteroatoms. The van der Waals surface area contributed by atoms with E-state index in [1.165, 1.54) is 5.56 Å². The SMILES string of the molecule is CC(C)c1ccc(C(N)CNC(=O)C(C)N2C(=O)NC3(CCCC3)C2=O)cc1.Cl. The minimum atomic E-state index is -0.872. The van der Waals surface area contributed by atoms with Crippen LogP contribution in [0.15, 0.2) is 24.3 Å². The van der Waals surface area contributed by atoms with Crippen molar-refractivity contribution in [2.24, 2.45) is 5.73 Å². The largest absolute Gasteiger partial charge is 0.352 e. The Kier molecular flexibility index (Phi) is 7.30. The van der Waals surface area contributed by atoms with Crippen LogP contribution in [0.25, 0.3) is 0 Å². The number of imide groups is 1. The molecule has 1 saturated carbocycles. The number of nitrogens with two attached hydrogens (primary N) is 1. The molecule has 1 aliphatic carbocycles. The van der Waals surface area contributed by atoms with E-state index in [9.17, 15) is 14.4 Å². The first kappa shape index (κ1) is 23.2. The first-order valence-electron chi connectivity index (χ1n) is 10.0. The lowest BCUT2D eigenvalue weighted by Crippen LogP contribution is -2.50. The lowest BCUT2D eigenvalue weighted by molar-refractivity contribution is -0.137. The molecule has 1 spiro atoms. The van der Waals surface area contributed by atoms with Crippen LogP contribution in [-0.4, -0.2) is 40.9 Å². The number of nitrogens with one attached hydrogen (secondary N) is 2. The Balaban J connectivity index is 0.00000300. The van der Waals surface area contributed by atoms with E-state index in [1.54, 1.807) is 6.92 Å². The van der Waals surface area contributed by atoms with E-state index < -0.39 is 17.6 Å². The molecule has 7 nitrogen and oxygen atoms in total. The zero-order valence-electron chi connectivity index (χ0n) is 17.2. The zero-order chi connectivity index (χ0) is 20.5. The van der Waals surface area contributed by atoms with Gasteiger partial charge in [-0.3, -0.25) is 9.59 Å². The van der Waals surface area contributed by atoms with Crippen LogP contribution in [0, 0.1) is 0 Å². The van der Waals surface area contributed by atoms with Crippen LogP contribution in [0.2, 0.25) is 0 Å². The molecular formula is C21H31ClN4O3. The van der Waals surface area contributed by atoms with Crippen molar-refractivity contribution < 1.29 is 14.4 Å². The van der Waals surface area contributed by atoms with Crippen molar-refractivity contribution in [3.63, 3.8) is 0 Å². The Hall–Kier alpha value is -2.12. The lowest BCUT2D eigenvalue weighted by atomic mass is 9.97. The molecule has 4 N–H and O–H groups in total. The van der Waals surface area contributed by atoms with Crippen LogP contribution in [0.5, 0.6) is 0 Å². The third kappa shape index (κ3) is 4.56. The summed E-state index contributed by atoms with van der Waals surface area (Å²) in [5.41, 5.74) is 7.55. The van der Waals surface area contributed by atoms with Crippen molar-refractivity contribution in [3.8, 4) is 0 Å². The maximum absolute atomic E-state index is 12.8. The quantitative estimate of drug-likeness (QED) is 0.613. The summed E-state index contributed by atoms with van der Waals surface area (Å²) in [5.74, 6) is -0.225. The van der Waals surface area contributed by atoms with E-state index in [2.05, 4.69) is 24.5 Å². The van der Waals surface area contributed by atoms with E-state index in [1.807, 2.05) is 24.3 Å². The van der Waals surface area contributed by atoms with E-state index in [0.29, 0.717) is 18.8 Å². The number of halogens is 1. The second kappa shape index (κ2) is 9.13. The number of rotatable bonds is 6. The van der Waals surface area contributed by atoms with Gasteiger partial charge < -0.3 is 16.4 Å². The molecule has 2 fully saturated rings. The number of hydrogen-bond acceptors (Lipinski definition) is 4. The third-order valence-corrected chi connectivity index (χ3v) is 5.94. The molecule has 0 bridgehead atoms. The minimum Gasteiger partial charge on any atom is -0.352 e. The minimum absolute atomic E-state index is 0. The van der Waals surface area contributed by atoms with Crippen LogP contribution in [0.4, 0.5) is 4.79 Å². The van der Waals surface area contributed by atoms with Gasteiger partial charge in [-0.15, -0.1) is 12.4 Å². The predicted molar refractivity (Wildman–Crippen MR) is 114 cm³/mol. The summed E-state index contributed by atoms with van der Waals surface area (Å²) in [4.78, 5) is 38.7. The molecule has 0 radical (unpaired) electrons. The molecule has 0 aromatic heterocycles. The molecule has 3 rings (SSSR count). The molecule has 160 valence electrons. The summed E-state index contributed by atoms with van der Waals surface area (Å²) in [6.45, 7) is 6.06. The van der Waals surface area contributed by atoms with E-state index in [0.717, 1.165) is 23.3 Å². The molecule has 1 aromatic carbocycles. The van der Waals surface area contributed by atoms with Gasteiger partial charge in [-0.05, 0) is 36.8 Å². The molecule has 29 heavy (non-hydrogen) atoms. The summed E-state index contributed by atoms with van der Waals surface area (Å²) in [5, 5.41) is 5.58. The average molecular weight is 423 g/mol. The van der Waals surface area contributed by atoms with Gasteiger partial charge >= 0.3 is 6.03 Å². The summed E-state index contributed by atoms with van der Waals surface area (Å²) in [6, 6.07) is 6.30. The molecular weight excluding hydrogens is 392 g/mol. The predicted octanol–water partition coefficient (Wildman–Crippen LogP) is 2.60. The van der Waals surface area contributed by atoms with Crippen LogP contribution < -0.4 is 16.4 Å². The molecule has 1 heterocycles. The molecule has 4 amide bonds. The highest BCUT2D eigenvalue weighted by atomic mass is 35.5. The van der Waals surface area contributed by atoms with Gasteiger partial charge in [-0.2, -0.15) is 0 Å². The summed E-state index contributed by atoms with van der Waals surface area (Å²) in [6.07, 6.45) is 3.09. The summed E-state index contributed by atoms with van der Waals surface area (Å²) < 4.78 is 0. The number of nitrogens with zero attached hydrogens (tertiary/aromatic N) is 1. The van der Waals surface area contributed by atoms with Gasteiger partial charge in [0.1, 0.15) is 11.6 Å². The zero-order valence-corrected chi connectivity index (χ0v) is 18.1. The first-order valence-corrected chi connectivity index (χ1v) is 10.0. The maximum atomic E-state index is 12.8. The number of carbonyl (C=O) groups excluding carboxylic acids is 3. The van der Waals surface area contributed by atoms with E-state index >= 15 is 0 Å². The van der Waals surface area contributed by atoms with Gasteiger partial charge in [0.05, 0.1) is 0 Å². The molecule has 1 saturated heterocycles. The normalized spacial score (nSPS) is 19.8. The number of carbonyl (C=O) groups is 3. The summed E-state index contributed by atoms with van der Waals surface area (Å²) in [7, 11) is 0. The van der Waals surface area contributed by atoms with Gasteiger partial charge in [0.15, 0.2) is 0 Å². The van der Waals surface area contributed by atoms with Gasteiger partial charge in [0.2, 0.25) is 5.91 Å². The molecule has 2 aliphatic rings. The Morgan fingerprint density at radius 3 is 2.24 bits per heavy atom. The highest BCUT2D eigenvalue weighted by Crippen LogP contribution is 2.35. The fourth-order valence-electron chi connectivity index (χ4n) is 4.03. The van der Waals surface area contributed by atoms with Gasteiger partial charge in [-0.1, -0.05) is 51.0 Å². The first-order chi connectivity index (χ1) is 13.2. The molecule has 2 unspecified atom stereocenters. The fourth-order valence-corrected chi connectivity index (χ4v) is 4.03. The Morgan fingerprint density at radius 2 is 1.69 bits per heavy atom. The topological polar surface area (TPSA) is 105 Å². The van der Waals surface area contributed by atoms with Crippen LogP contribution >= 0.6 is 12.4 Å². The van der Waals surface area contributed by atoms with Gasteiger partial charge in [0, 0.05) is 12.6 Å². The maximum Gasteiger partial charge on any atom is 0.325 e. The van der Waals surface area contributed by atoms with E-state index in [4.69, 9.17) is 5.73 Å². The van der Waals surface area contributed by atoms with Crippen LogP contribution in [0.1, 0.15) is 69.5 Å². The number of hydrogen-bond donors (Lipinski definition) is 3. The van der Waals surface area contributed by atoms with Gasteiger partial charge in [-0.25, -0.2) is 9.69 Å². The van der Waals surface area contributed by atoms with Crippen molar-refractivity contribution in [2.75, 3.05) is 6.54 Å². The van der Waals surface area contributed by atoms with Crippen molar-refractivity contribution in [2.45, 2.75) is 70.0 Å². The second-order valence-electron chi connectivity index (χ2n) is 8.24. The average Bonchev–Trinajstić information content (AvgIpc) is 3.24. The summed E-state index contributed by atoms with van der Waals surface area (Å²) >= 11 is 0. The monoisotopic (exact) mass is 422 g/mol. The number of benzene rings is 1. The van der Waals surface area contributed by atoms with Crippen molar-refractivity contribution >= 4 is 30.3 Å². The highest BCUT2D eigenvalue weighted by Gasteiger charge is 2.54. The standard InChI is InChI=1S/C21H30N4O3.ClH/c1-13(2)15-6-8-16(9-7-15)17(22)12-23-18(26)14(3)25-19(27)21(24-20(25)28)10-4-5-11-21;/h6-9,13-14,17H,4-5,10-12,22H2,1-3H3,(H,23,26)(H,24,28);1H. The molecule has 2 atom stereocenters. The highest BCUT2D eigenvalue weighted by molar-refractivity contribution is 6.09. The number of urea groups is 1.